The number of hydrogen-bond acceptors (Lipinski definition) is 3. The van der Waals surface area contributed by atoms with Crippen LogP contribution in [0.3, 0.4) is 0 Å². The van der Waals surface area contributed by atoms with Gasteiger partial charge in [0, 0.05) is 25.0 Å². The number of thiophene rings is 1. The van der Waals surface area contributed by atoms with Crippen molar-refractivity contribution in [3.05, 3.63) is 41.3 Å². The molecule has 0 atom stereocenters. The second-order valence-corrected chi connectivity index (χ2v) is 4.87. The number of nitrogens with zero attached hydrogens (tertiary/aromatic N) is 3. The Morgan fingerprint density at radius 3 is 2.61 bits per heavy atom. The predicted molar refractivity (Wildman–Crippen MR) is 76.3 cm³/mol. The van der Waals surface area contributed by atoms with Gasteiger partial charge in [0.25, 0.3) is 0 Å². The van der Waals surface area contributed by atoms with Crippen LogP contribution in [0.1, 0.15) is 5.56 Å². The monoisotopic (exact) mass is 255 g/mol. The standard InChI is InChI=1S/C14H13N3S/c1-17(2)10-16-14-12(8-15)13(9-18-14)11-6-4-3-5-7-11/h3-7,9-10H,1-2H3. The van der Waals surface area contributed by atoms with Gasteiger partial charge in [0.15, 0.2) is 0 Å². The van der Waals surface area contributed by atoms with E-state index in [1.54, 1.807) is 6.34 Å². The zero-order valence-corrected chi connectivity index (χ0v) is 11.1. The quantitative estimate of drug-likeness (QED) is 0.622. The molecule has 0 radical (unpaired) electrons. The van der Waals surface area contributed by atoms with Crippen molar-refractivity contribution in [2.45, 2.75) is 0 Å². The molecule has 0 spiro atoms. The molecule has 0 saturated carbocycles. The van der Waals surface area contributed by atoms with Gasteiger partial charge in [0.2, 0.25) is 0 Å². The largest absolute Gasteiger partial charge is 0.369 e. The summed E-state index contributed by atoms with van der Waals surface area (Å²) in [4.78, 5) is 6.17. The maximum absolute atomic E-state index is 9.28. The number of hydrogen-bond donors (Lipinski definition) is 0. The van der Waals surface area contributed by atoms with Crippen molar-refractivity contribution < 1.29 is 0 Å². The van der Waals surface area contributed by atoms with Crippen molar-refractivity contribution in [2.24, 2.45) is 4.99 Å². The highest BCUT2D eigenvalue weighted by Crippen LogP contribution is 2.36. The highest BCUT2D eigenvalue weighted by atomic mass is 32.1. The van der Waals surface area contributed by atoms with Crippen molar-refractivity contribution in [3.8, 4) is 17.2 Å². The van der Waals surface area contributed by atoms with E-state index in [4.69, 9.17) is 0 Å². The first-order chi connectivity index (χ1) is 8.72. The maximum atomic E-state index is 9.28. The molecule has 1 heterocycles. The number of nitriles is 1. The summed E-state index contributed by atoms with van der Waals surface area (Å²) in [6, 6.07) is 12.2. The summed E-state index contributed by atoms with van der Waals surface area (Å²) >= 11 is 1.49. The summed E-state index contributed by atoms with van der Waals surface area (Å²) in [5, 5.41) is 12.0. The number of benzene rings is 1. The topological polar surface area (TPSA) is 39.4 Å². The van der Waals surface area contributed by atoms with Crippen molar-refractivity contribution in [1.82, 2.24) is 4.90 Å². The fourth-order valence-corrected chi connectivity index (χ4v) is 2.41. The lowest BCUT2D eigenvalue weighted by molar-refractivity contribution is 0.643. The van der Waals surface area contributed by atoms with Gasteiger partial charge in [-0.2, -0.15) is 5.26 Å². The van der Waals surface area contributed by atoms with E-state index in [1.165, 1.54) is 11.3 Å². The Hall–Kier alpha value is -2.12. The van der Waals surface area contributed by atoms with Crippen LogP contribution in [-0.4, -0.2) is 25.3 Å². The maximum Gasteiger partial charge on any atom is 0.136 e. The first kappa shape index (κ1) is 12.3. The Morgan fingerprint density at radius 1 is 1.28 bits per heavy atom. The summed E-state index contributed by atoms with van der Waals surface area (Å²) in [6.45, 7) is 0. The fraction of sp³-hybridized carbons (Fsp3) is 0.143. The van der Waals surface area contributed by atoms with E-state index in [2.05, 4.69) is 11.1 Å². The van der Waals surface area contributed by atoms with E-state index in [0.717, 1.165) is 16.1 Å². The van der Waals surface area contributed by atoms with Crippen molar-refractivity contribution in [1.29, 1.82) is 5.26 Å². The van der Waals surface area contributed by atoms with E-state index in [1.807, 2.05) is 54.7 Å². The van der Waals surface area contributed by atoms with Gasteiger partial charge in [-0.15, -0.1) is 11.3 Å². The molecular formula is C14H13N3S. The highest BCUT2D eigenvalue weighted by Gasteiger charge is 2.11. The molecule has 3 nitrogen and oxygen atoms in total. The minimum atomic E-state index is 0.643. The van der Waals surface area contributed by atoms with Crippen molar-refractivity contribution in [2.75, 3.05) is 14.1 Å². The molecule has 0 aliphatic rings. The molecule has 90 valence electrons. The lowest BCUT2D eigenvalue weighted by Crippen LogP contribution is -2.06. The molecule has 0 aliphatic heterocycles. The molecule has 1 aromatic carbocycles. The second-order valence-electron chi connectivity index (χ2n) is 4.02. The summed E-state index contributed by atoms with van der Waals surface area (Å²) in [5.41, 5.74) is 2.65. The molecule has 18 heavy (non-hydrogen) atoms. The third-order valence-corrected chi connectivity index (χ3v) is 3.26. The van der Waals surface area contributed by atoms with E-state index in [0.29, 0.717) is 5.56 Å². The first-order valence-electron chi connectivity index (χ1n) is 5.50. The molecule has 0 aliphatic carbocycles. The Bertz CT molecular complexity index is 591. The van der Waals surface area contributed by atoms with Crippen LogP contribution in [0.5, 0.6) is 0 Å². The van der Waals surface area contributed by atoms with Gasteiger partial charge < -0.3 is 4.90 Å². The van der Waals surface area contributed by atoms with Gasteiger partial charge in [-0.1, -0.05) is 30.3 Å². The first-order valence-corrected chi connectivity index (χ1v) is 6.38. The molecule has 0 fully saturated rings. The molecule has 0 saturated heterocycles. The molecule has 0 N–H and O–H groups in total. The van der Waals surface area contributed by atoms with Crippen LogP contribution in [0.2, 0.25) is 0 Å². The summed E-state index contributed by atoms with van der Waals surface area (Å²) in [5.74, 6) is 0. The highest BCUT2D eigenvalue weighted by molar-refractivity contribution is 7.14. The van der Waals surface area contributed by atoms with E-state index in [9.17, 15) is 5.26 Å². The van der Waals surface area contributed by atoms with E-state index in [-0.39, 0.29) is 0 Å². The summed E-state index contributed by atoms with van der Waals surface area (Å²) in [7, 11) is 3.81. The number of aliphatic imine (C=N–C) groups is 1. The Balaban J connectivity index is 2.44. The summed E-state index contributed by atoms with van der Waals surface area (Å²) in [6.07, 6.45) is 1.71. The zero-order valence-electron chi connectivity index (χ0n) is 10.3. The normalized spacial score (nSPS) is 10.5. The average Bonchev–Trinajstić information content (AvgIpc) is 2.80. The predicted octanol–water partition coefficient (Wildman–Crippen LogP) is 3.51. The Labute approximate surface area is 111 Å². The molecule has 0 unspecified atom stereocenters. The molecule has 0 bridgehead atoms. The molecule has 4 heteroatoms. The van der Waals surface area contributed by atoms with E-state index < -0.39 is 0 Å². The third kappa shape index (κ3) is 2.58. The van der Waals surface area contributed by atoms with Crippen LogP contribution in [0, 0.1) is 11.3 Å². The lowest BCUT2D eigenvalue weighted by Gasteiger charge is -2.01. The molecule has 0 amide bonds. The second kappa shape index (κ2) is 5.48. The SMILES string of the molecule is CN(C)C=Nc1scc(-c2ccccc2)c1C#N. The van der Waals surface area contributed by atoms with Crippen LogP contribution in [0.15, 0.2) is 40.7 Å². The Morgan fingerprint density at radius 2 is 2.00 bits per heavy atom. The number of rotatable bonds is 3. The third-order valence-electron chi connectivity index (χ3n) is 2.37. The fourth-order valence-electron chi connectivity index (χ4n) is 1.55. The van der Waals surface area contributed by atoms with Crippen molar-refractivity contribution in [3.63, 3.8) is 0 Å². The Kier molecular flexibility index (Phi) is 3.75. The van der Waals surface area contributed by atoms with Crippen LogP contribution in [0.25, 0.3) is 11.1 Å². The average molecular weight is 255 g/mol. The minimum Gasteiger partial charge on any atom is -0.369 e. The van der Waals surface area contributed by atoms with Crippen LogP contribution < -0.4 is 0 Å². The molecule has 2 aromatic rings. The van der Waals surface area contributed by atoms with Crippen LogP contribution in [0.4, 0.5) is 5.00 Å². The van der Waals surface area contributed by atoms with E-state index >= 15 is 0 Å². The van der Waals surface area contributed by atoms with Crippen molar-refractivity contribution >= 4 is 22.7 Å². The summed E-state index contributed by atoms with van der Waals surface area (Å²) < 4.78 is 0. The van der Waals surface area contributed by atoms with Gasteiger partial charge in [-0.05, 0) is 5.56 Å². The molecule has 1 aromatic heterocycles. The molecular weight excluding hydrogens is 242 g/mol. The minimum absolute atomic E-state index is 0.643. The smallest absolute Gasteiger partial charge is 0.136 e. The lowest BCUT2D eigenvalue weighted by atomic mass is 10.1. The van der Waals surface area contributed by atoms with Gasteiger partial charge in [-0.3, -0.25) is 0 Å². The van der Waals surface area contributed by atoms with Crippen LogP contribution >= 0.6 is 11.3 Å². The van der Waals surface area contributed by atoms with Gasteiger partial charge in [0.05, 0.1) is 11.9 Å². The van der Waals surface area contributed by atoms with Gasteiger partial charge in [-0.25, -0.2) is 4.99 Å². The molecule has 2 rings (SSSR count). The van der Waals surface area contributed by atoms with Gasteiger partial charge in [0.1, 0.15) is 11.1 Å². The van der Waals surface area contributed by atoms with Gasteiger partial charge >= 0.3 is 0 Å². The zero-order chi connectivity index (χ0) is 13.0. The van der Waals surface area contributed by atoms with Crippen LogP contribution in [-0.2, 0) is 0 Å².